The van der Waals surface area contributed by atoms with Crippen LogP contribution >= 0.6 is 12.2 Å². The average Bonchev–Trinajstić information content (AvgIpc) is 2.58. The van der Waals surface area contributed by atoms with Crippen molar-refractivity contribution < 1.29 is 18.3 Å². The van der Waals surface area contributed by atoms with Crippen LogP contribution in [0, 0.1) is 0 Å². The predicted octanol–water partition coefficient (Wildman–Crippen LogP) is -0.886. The van der Waals surface area contributed by atoms with Crippen molar-refractivity contribution >= 4 is 27.2 Å². The molecule has 18 heavy (non-hydrogen) atoms. The number of aliphatic hydroxyl groups is 1. The Hall–Kier alpha value is -0.700. The highest BCUT2D eigenvalue weighted by Gasteiger charge is 2.20. The summed E-state index contributed by atoms with van der Waals surface area (Å²) in [6.45, 7) is 1.71. The van der Waals surface area contributed by atoms with Crippen molar-refractivity contribution in [2.24, 2.45) is 0 Å². The number of likely N-dealkylation sites (N-methyl/N-ethyl adjacent to an activating group) is 1. The number of hydrogen-bond acceptors (Lipinski definition) is 6. The van der Waals surface area contributed by atoms with E-state index in [-0.39, 0.29) is 23.3 Å². The summed E-state index contributed by atoms with van der Waals surface area (Å²) in [4.78, 5) is 1.90. The molecule has 1 aliphatic heterocycles. The predicted molar refractivity (Wildman–Crippen MR) is 73.0 cm³/mol. The van der Waals surface area contributed by atoms with Crippen LogP contribution in [0.2, 0.25) is 0 Å². The highest BCUT2D eigenvalue weighted by Crippen LogP contribution is 2.08. The summed E-state index contributed by atoms with van der Waals surface area (Å²) >= 11 is 4.95. The summed E-state index contributed by atoms with van der Waals surface area (Å²) in [6.07, 6.45) is 1.60. The van der Waals surface area contributed by atoms with Crippen LogP contribution in [0.15, 0.2) is 11.8 Å². The molecular formula is C10H18N2O4S2. The van der Waals surface area contributed by atoms with Crippen molar-refractivity contribution in [1.29, 1.82) is 0 Å². The number of nitrogens with one attached hydrogen (secondary N) is 1. The number of rotatable bonds is 6. The molecule has 104 valence electrons. The second-order valence-corrected chi connectivity index (χ2v) is 6.55. The normalized spacial score (nSPS) is 17.6. The quantitative estimate of drug-likeness (QED) is 0.616. The third-order valence-electron chi connectivity index (χ3n) is 2.41. The zero-order valence-electron chi connectivity index (χ0n) is 10.3. The zero-order chi connectivity index (χ0) is 13.6. The van der Waals surface area contributed by atoms with Gasteiger partial charge in [-0.1, -0.05) is 0 Å². The van der Waals surface area contributed by atoms with E-state index in [1.165, 1.54) is 0 Å². The number of hydrogen-bond donors (Lipinski definition) is 2. The molecule has 0 radical (unpaired) electrons. The van der Waals surface area contributed by atoms with Gasteiger partial charge in [-0.2, -0.15) is 0 Å². The van der Waals surface area contributed by atoms with Crippen molar-refractivity contribution in [3.63, 3.8) is 0 Å². The standard InChI is InChI=1S/C10H18N2O4S2/c1-12(3-5-13)4-6-16-10(17)11-9-2-7-18(14,15)8-9/h2,13H,3-8H2,1H3,(H,11,17). The molecule has 1 rings (SSSR count). The van der Waals surface area contributed by atoms with Crippen molar-refractivity contribution in [3.8, 4) is 0 Å². The Kier molecular flexibility index (Phi) is 6.00. The summed E-state index contributed by atoms with van der Waals surface area (Å²) in [5, 5.41) is 11.6. The SMILES string of the molecule is CN(CCO)CCOC(=S)NC1=CCS(=O)(=O)C1. The van der Waals surface area contributed by atoms with E-state index in [0.717, 1.165) is 0 Å². The summed E-state index contributed by atoms with van der Waals surface area (Å²) in [6, 6.07) is 0. The first kappa shape index (κ1) is 15.4. The lowest BCUT2D eigenvalue weighted by Gasteiger charge is -2.16. The molecule has 1 heterocycles. The number of sulfone groups is 1. The van der Waals surface area contributed by atoms with Crippen LogP contribution in [0.5, 0.6) is 0 Å². The molecule has 2 N–H and O–H groups in total. The minimum Gasteiger partial charge on any atom is -0.469 e. The van der Waals surface area contributed by atoms with E-state index < -0.39 is 9.84 Å². The second kappa shape index (κ2) is 7.03. The van der Waals surface area contributed by atoms with Crippen molar-refractivity contribution in [2.75, 3.05) is 44.9 Å². The van der Waals surface area contributed by atoms with Crippen molar-refractivity contribution in [1.82, 2.24) is 10.2 Å². The van der Waals surface area contributed by atoms with Gasteiger partial charge < -0.3 is 20.1 Å². The molecule has 8 heteroatoms. The maximum atomic E-state index is 11.2. The van der Waals surface area contributed by atoms with Crippen LogP contribution in [0.4, 0.5) is 0 Å². The highest BCUT2D eigenvalue weighted by atomic mass is 32.2. The summed E-state index contributed by atoms with van der Waals surface area (Å²) in [5.41, 5.74) is 0.573. The van der Waals surface area contributed by atoms with Gasteiger partial charge in [0.1, 0.15) is 6.61 Å². The fraction of sp³-hybridized carbons (Fsp3) is 0.700. The van der Waals surface area contributed by atoms with Crippen molar-refractivity contribution in [2.45, 2.75) is 0 Å². The lowest BCUT2D eigenvalue weighted by Crippen LogP contribution is -2.30. The van der Waals surface area contributed by atoms with Gasteiger partial charge >= 0.3 is 0 Å². The molecule has 0 bridgehead atoms. The number of thiocarbonyl (C=S) groups is 1. The van der Waals surface area contributed by atoms with E-state index in [1.54, 1.807) is 6.08 Å². The van der Waals surface area contributed by atoms with E-state index in [0.29, 0.717) is 25.4 Å². The van der Waals surface area contributed by atoms with Crippen LogP contribution in [-0.2, 0) is 14.6 Å². The second-order valence-electron chi connectivity index (χ2n) is 4.07. The summed E-state index contributed by atoms with van der Waals surface area (Å²) < 4.78 is 27.6. The van der Waals surface area contributed by atoms with E-state index in [9.17, 15) is 8.42 Å². The molecule has 0 atom stereocenters. The Bertz CT molecular complexity index is 420. The molecule has 0 aromatic carbocycles. The van der Waals surface area contributed by atoms with E-state index >= 15 is 0 Å². The van der Waals surface area contributed by atoms with Gasteiger partial charge in [0.25, 0.3) is 5.17 Å². The van der Waals surface area contributed by atoms with Gasteiger partial charge in [-0.25, -0.2) is 8.42 Å². The maximum absolute atomic E-state index is 11.2. The Morgan fingerprint density at radius 2 is 2.33 bits per heavy atom. The summed E-state index contributed by atoms with van der Waals surface area (Å²) in [5.74, 6) is 0.0398. The molecule has 0 aliphatic carbocycles. The number of ether oxygens (including phenoxy) is 1. The topological polar surface area (TPSA) is 78.9 Å². The largest absolute Gasteiger partial charge is 0.469 e. The third kappa shape index (κ3) is 5.76. The summed E-state index contributed by atoms with van der Waals surface area (Å²) in [7, 11) is -1.13. The Labute approximate surface area is 113 Å². The van der Waals surface area contributed by atoms with Gasteiger partial charge in [-0.3, -0.25) is 0 Å². The van der Waals surface area contributed by atoms with Crippen LogP contribution in [0.3, 0.4) is 0 Å². The lowest BCUT2D eigenvalue weighted by atomic mass is 10.5. The minimum atomic E-state index is -2.99. The molecule has 6 nitrogen and oxygen atoms in total. The molecule has 0 spiro atoms. The van der Waals surface area contributed by atoms with E-state index in [2.05, 4.69) is 5.32 Å². The molecule has 0 aromatic heterocycles. The van der Waals surface area contributed by atoms with Crippen molar-refractivity contribution in [3.05, 3.63) is 11.8 Å². The van der Waals surface area contributed by atoms with Crippen LogP contribution in [0.1, 0.15) is 0 Å². The first-order valence-corrected chi connectivity index (χ1v) is 7.78. The van der Waals surface area contributed by atoms with E-state index in [4.69, 9.17) is 22.1 Å². The van der Waals surface area contributed by atoms with Gasteiger partial charge in [-0.05, 0) is 25.3 Å². The average molecular weight is 294 g/mol. The highest BCUT2D eigenvalue weighted by molar-refractivity contribution is 7.92. The van der Waals surface area contributed by atoms with Gasteiger partial charge in [-0.15, -0.1) is 0 Å². The fourth-order valence-corrected chi connectivity index (χ4v) is 2.86. The van der Waals surface area contributed by atoms with Crippen LogP contribution < -0.4 is 5.32 Å². The smallest absolute Gasteiger partial charge is 0.260 e. The third-order valence-corrected chi connectivity index (χ3v) is 4.05. The lowest BCUT2D eigenvalue weighted by molar-refractivity contribution is 0.188. The molecule has 0 saturated carbocycles. The minimum absolute atomic E-state index is 0.0130. The molecule has 0 aromatic rings. The number of nitrogens with zero attached hydrogens (tertiary/aromatic N) is 1. The van der Waals surface area contributed by atoms with Gasteiger partial charge in [0, 0.05) is 18.8 Å². The van der Waals surface area contributed by atoms with Gasteiger partial charge in [0.2, 0.25) is 0 Å². The monoisotopic (exact) mass is 294 g/mol. The number of aliphatic hydroxyl groups excluding tert-OH is 1. The fourth-order valence-electron chi connectivity index (χ4n) is 1.41. The zero-order valence-corrected chi connectivity index (χ0v) is 11.9. The Morgan fingerprint density at radius 1 is 1.61 bits per heavy atom. The Balaban J connectivity index is 2.19. The van der Waals surface area contributed by atoms with Gasteiger partial charge in [0.05, 0.1) is 18.1 Å². The van der Waals surface area contributed by atoms with Crippen LogP contribution in [-0.4, -0.2) is 68.5 Å². The van der Waals surface area contributed by atoms with Crippen LogP contribution in [0.25, 0.3) is 0 Å². The maximum Gasteiger partial charge on any atom is 0.260 e. The molecular weight excluding hydrogens is 276 g/mol. The van der Waals surface area contributed by atoms with E-state index in [1.807, 2.05) is 11.9 Å². The molecule has 0 saturated heterocycles. The first-order chi connectivity index (χ1) is 8.43. The molecule has 1 aliphatic rings. The molecule has 0 amide bonds. The van der Waals surface area contributed by atoms with Gasteiger partial charge in [0.15, 0.2) is 9.84 Å². The molecule has 0 unspecified atom stereocenters. The molecule has 0 fully saturated rings. The Morgan fingerprint density at radius 3 is 2.89 bits per heavy atom. The first-order valence-electron chi connectivity index (χ1n) is 5.55.